The van der Waals surface area contributed by atoms with Crippen molar-refractivity contribution in [3.8, 4) is 0 Å². The molecule has 1 atom stereocenters. The molecule has 8 aromatic rings. The van der Waals surface area contributed by atoms with Crippen molar-refractivity contribution in [3.63, 3.8) is 0 Å². The van der Waals surface area contributed by atoms with E-state index in [1.54, 1.807) is 0 Å². The van der Waals surface area contributed by atoms with Crippen LogP contribution in [0.3, 0.4) is 0 Å². The van der Waals surface area contributed by atoms with Crippen molar-refractivity contribution in [1.82, 2.24) is 5.32 Å². The average molecular weight is 776 g/mol. The summed E-state index contributed by atoms with van der Waals surface area (Å²) in [7, 11) is -4.91. The Bertz CT molecular complexity index is 2440. The minimum atomic E-state index is -2.46. The quantitative estimate of drug-likeness (QED) is 0.123. The Hall–Kier alpha value is -5.82. The summed E-state index contributed by atoms with van der Waals surface area (Å²) in [6, 6.07) is 80.4. The van der Waals surface area contributed by atoms with Gasteiger partial charge in [-0.2, -0.15) is 0 Å². The van der Waals surface area contributed by atoms with Gasteiger partial charge in [-0.15, -0.1) is 0 Å². The molecule has 0 amide bonds. The second-order valence-electron chi connectivity index (χ2n) is 14.3. The molecule has 0 bridgehead atoms. The Morgan fingerprint density at radius 1 is 0.404 bits per heavy atom. The second kappa shape index (κ2) is 17.5. The summed E-state index contributed by atoms with van der Waals surface area (Å²) in [6.07, 6.45) is 0. The molecule has 0 aliphatic carbocycles. The third kappa shape index (κ3) is 7.93. The number of rotatable bonds is 12. The summed E-state index contributed by atoms with van der Waals surface area (Å²) in [4.78, 5) is 0. The van der Waals surface area contributed by atoms with Crippen LogP contribution in [-0.4, -0.2) is 0 Å². The molecule has 0 saturated carbocycles. The fraction of sp³-hybridized carbons (Fsp3) is 0.0769. The van der Waals surface area contributed by atoms with E-state index in [0.717, 1.165) is 16.9 Å². The molecule has 0 aromatic heterocycles. The van der Waals surface area contributed by atoms with Gasteiger partial charge in [-0.05, 0) is 37.1 Å². The summed E-state index contributed by atoms with van der Waals surface area (Å²) in [5, 5.41) is 11.3. The first kappa shape index (κ1) is 38.1. The Kier molecular flexibility index (Phi) is 11.7. The Morgan fingerprint density at radius 2 is 0.737 bits per heavy atom. The highest BCUT2D eigenvalue weighted by Gasteiger charge is 2.29. The molecule has 1 N–H and O–H groups in total. The van der Waals surface area contributed by atoms with Gasteiger partial charge in [-0.25, -0.2) is 0 Å². The Morgan fingerprint density at radius 3 is 1.12 bits per heavy atom. The third-order valence-corrected chi connectivity index (χ3v) is 17.8. The van der Waals surface area contributed by atoms with E-state index in [4.69, 9.17) is 9.49 Å². The largest absolute Gasteiger partial charge is 0.306 e. The van der Waals surface area contributed by atoms with Crippen molar-refractivity contribution in [2.24, 2.45) is 9.49 Å². The van der Waals surface area contributed by atoms with Crippen LogP contribution >= 0.6 is 14.1 Å². The highest BCUT2D eigenvalue weighted by Crippen LogP contribution is 2.51. The lowest BCUT2D eigenvalue weighted by Crippen LogP contribution is -2.25. The molecular formula is C52H47N3P2. The molecule has 0 aliphatic heterocycles. The number of aryl methyl sites for hydroxylation is 1. The van der Waals surface area contributed by atoms with Gasteiger partial charge in [0, 0.05) is 44.4 Å². The first-order valence-corrected chi connectivity index (χ1v) is 23.1. The van der Waals surface area contributed by atoms with Crippen molar-refractivity contribution in [1.29, 1.82) is 0 Å². The van der Waals surface area contributed by atoms with Crippen LogP contribution in [0.5, 0.6) is 0 Å². The monoisotopic (exact) mass is 775 g/mol. The predicted molar refractivity (Wildman–Crippen MR) is 247 cm³/mol. The molecule has 0 aliphatic rings. The van der Waals surface area contributed by atoms with Gasteiger partial charge in [0.2, 0.25) is 0 Å². The van der Waals surface area contributed by atoms with Crippen LogP contribution in [0.2, 0.25) is 0 Å². The molecule has 280 valence electrons. The molecule has 0 saturated heterocycles. The lowest BCUT2D eigenvalue weighted by Gasteiger charge is -2.28. The van der Waals surface area contributed by atoms with E-state index in [-0.39, 0.29) is 6.04 Å². The van der Waals surface area contributed by atoms with Gasteiger partial charge in [0.15, 0.2) is 0 Å². The van der Waals surface area contributed by atoms with E-state index in [1.165, 1.54) is 43.0 Å². The van der Waals surface area contributed by atoms with Crippen LogP contribution in [0.1, 0.15) is 29.7 Å². The Balaban J connectivity index is 1.24. The highest BCUT2D eigenvalue weighted by molar-refractivity contribution is 7.88. The fourth-order valence-corrected chi connectivity index (χ4v) is 14.8. The zero-order valence-corrected chi connectivity index (χ0v) is 34.2. The second-order valence-corrected chi connectivity index (χ2v) is 20.3. The molecule has 0 spiro atoms. The highest BCUT2D eigenvalue weighted by atomic mass is 31.2. The number of nitrogens with one attached hydrogen (secondary N) is 1. The normalized spacial score (nSPS) is 12.1. The van der Waals surface area contributed by atoms with Crippen molar-refractivity contribution < 1.29 is 0 Å². The van der Waals surface area contributed by atoms with E-state index in [2.05, 4.69) is 244 Å². The molecule has 3 nitrogen and oxygen atoms in total. The van der Waals surface area contributed by atoms with Crippen molar-refractivity contribution in [2.75, 3.05) is 0 Å². The molecular weight excluding hydrogens is 729 g/mol. The minimum Gasteiger partial charge on any atom is -0.306 e. The maximum atomic E-state index is 5.92. The van der Waals surface area contributed by atoms with Crippen LogP contribution < -0.4 is 37.1 Å². The van der Waals surface area contributed by atoms with E-state index in [1.807, 2.05) is 0 Å². The molecule has 0 fully saturated rings. The summed E-state index contributed by atoms with van der Waals surface area (Å²) in [6.45, 7) is 5.06. The van der Waals surface area contributed by atoms with Gasteiger partial charge in [0.05, 0.1) is 25.5 Å². The summed E-state index contributed by atoms with van der Waals surface area (Å²) >= 11 is 0. The van der Waals surface area contributed by atoms with Crippen molar-refractivity contribution in [3.05, 3.63) is 241 Å². The summed E-state index contributed by atoms with van der Waals surface area (Å²) < 4.78 is 11.8. The van der Waals surface area contributed by atoms with Crippen LogP contribution in [0, 0.1) is 6.92 Å². The number of hydrogen-bond acceptors (Lipinski definition) is 3. The molecule has 57 heavy (non-hydrogen) atoms. The zero-order valence-electron chi connectivity index (χ0n) is 32.4. The fourth-order valence-electron chi connectivity index (χ4n) is 7.70. The van der Waals surface area contributed by atoms with E-state index in [0.29, 0.717) is 6.54 Å². The average Bonchev–Trinajstić information content (AvgIpc) is 3.29. The van der Waals surface area contributed by atoms with Gasteiger partial charge in [0.1, 0.15) is 0 Å². The minimum absolute atomic E-state index is 0.000504. The number of nitrogens with zero attached hydrogens (tertiary/aromatic N) is 2. The van der Waals surface area contributed by atoms with Gasteiger partial charge in [0.25, 0.3) is 0 Å². The van der Waals surface area contributed by atoms with Gasteiger partial charge in [-0.3, -0.25) is 9.49 Å². The number of hydrogen-bond donors (Lipinski definition) is 1. The maximum Gasteiger partial charge on any atom is 0.0672 e. The topological polar surface area (TPSA) is 36.8 Å². The molecule has 0 heterocycles. The zero-order chi connectivity index (χ0) is 38.9. The van der Waals surface area contributed by atoms with Gasteiger partial charge >= 0.3 is 0 Å². The van der Waals surface area contributed by atoms with Gasteiger partial charge in [-0.1, -0.05) is 218 Å². The third-order valence-electron chi connectivity index (χ3n) is 10.5. The first-order chi connectivity index (χ1) is 28.1. The summed E-state index contributed by atoms with van der Waals surface area (Å²) in [5.41, 5.74) is 5.54. The lowest BCUT2D eigenvalue weighted by atomic mass is 10.1. The van der Waals surface area contributed by atoms with E-state index >= 15 is 0 Å². The summed E-state index contributed by atoms with van der Waals surface area (Å²) in [5.74, 6) is 0. The maximum absolute atomic E-state index is 5.92. The lowest BCUT2D eigenvalue weighted by molar-refractivity contribution is 0.576. The molecule has 8 aromatic carbocycles. The first-order valence-electron chi connectivity index (χ1n) is 19.6. The molecule has 0 radical (unpaired) electrons. The molecule has 1 unspecified atom stereocenters. The van der Waals surface area contributed by atoms with Crippen LogP contribution in [-0.2, 0) is 6.54 Å². The Labute approximate surface area is 338 Å². The van der Waals surface area contributed by atoms with Crippen LogP contribution in [0.15, 0.2) is 234 Å². The standard InChI is InChI=1S/C52H47N3P2/c1-41-37-38-51(54-56(44-23-9-3-10-24-44,45-25-11-4-12-26-45)46-27-13-5-14-28-46)43(39-41)40-53-42(2)50-35-21-22-36-52(50)55-57(47-29-15-6-16-30-47,48-31-17-7-18-32-48)49-33-19-8-20-34-49/h3-39,42,53H,40H2,1-2H3. The van der Waals surface area contributed by atoms with Crippen molar-refractivity contribution in [2.45, 2.75) is 26.4 Å². The van der Waals surface area contributed by atoms with Crippen LogP contribution in [0.4, 0.5) is 11.4 Å². The predicted octanol–water partition coefficient (Wildman–Crippen LogP) is 11.5. The molecule has 5 heteroatoms. The van der Waals surface area contributed by atoms with E-state index in [9.17, 15) is 0 Å². The molecule has 8 rings (SSSR count). The van der Waals surface area contributed by atoms with Crippen LogP contribution in [0.25, 0.3) is 0 Å². The van der Waals surface area contributed by atoms with Crippen molar-refractivity contribution >= 4 is 57.3 Å². The smallest absolute Gasteiger partial charge is 0.0672 e. The number of benzene rings is 8. The van der Waals surface area contributed by atoms with E-state index < -0.39 is 14.1 Å². The van der Waals surface area contributed by atoms with Gasteiger partial charge < -0.3 is 5.32 Å². The SMILES string of the molecule is Cc1ccc(N=P(c2ccccc2)(c2ccccc2)c2ccccc2)c(CNC(C)c2ccccc2N=P(c2ccccc2)(c2ccccc2)c2ccccc2)c1.